The lowest BCUT2D eigenvalue weighted by Gasteiger charge is -2.26. The number of sulfonamides is 1. The predicted octanol–water partition coefficient (Wildman–Crippen LogP) is 3.26. The highest BCUT2D eigenvalue weighted by molar-refractivity contribution is 7.90. The van der Waals surface area contributed by atoms with E-state index >= 15 is 0 Å². The number of nitrogens with one attached hydrogen (secondary N) is 2. The van der Waals surface area contributed by atoms with E-state index in [0.717, 1.165) is 5.56 Å². The summed E-state index contributed by atoms with van der Waals surface area (Å²) in [6, 6.07) is 14.0. The van der Waals surface area contributed by atoms with Crippen LogP contribution in [0.4, 0.5) is 4.79 Å². The lowest BCUT2D eigenvalue weighted by atomic mass is 9.95. The summed E-state index contributed by atoms with van der Waals surface area (Å²) in [7, 11) is -3.95. The minimum absolute atomic E-state index is 0.0328. The van der Waals surface area contributed by atoms with Crippen LogP contribution in [0.5, 0.6) is 0 Å². The van der Waals surface area contributed by atoms with Gasteiger partial charge in [0.1, 0.15) is 0 Å². The molecule has 0 aliphatic carbocycles. The topological polar surface area (TPSA) is 75.3 Å². The first-order valence-corrected chi connectivity index (χ1v) is 8.73. The normalized spacial score (nSPS) is 11.8. The molecule has 0 fully saturated rings. The summed E-state index contributed by atoms with van der Waals surface area (Å²) < 4.78 is 26.3. The second-order valence-corrected chi connectivity index (χ2v) is 7.62. The van der Waals surface area contributed by atoms with Crippen LogP contribution in [0.1, 0.15) is 19.4 Å². The molecule has 2 rings (SSSR count). The highest BCUT2D eigenvalue weighted by Gasteiger charge is 2.25. The molecule has 2 N–H and O–H groups in total. The summed E-state index contributed by atoms with van der Waals surface area (Å²) in [5.41, 5.74) is 0.139. The first-order valence-electron chi connectivity index (χ1n) is 6.87. The molecule has 122 valence electrons. The fourth-order valence-electron chi connectivity index (χ4n) is 2.03. The zero-order chi connectivity index (χ0) is 17.1. The van der Waals surface area contributed by atoms with E-state index in [9.17, 15) is 13.2 Å². The van der Waals surface area contributed by atoms with E-state index in [1.54, 1.807) is 13.8 Å². The van der Waals surface area contributed by atoms with Gasteiger partial charge in [0.05, 0.1) is 10.4 Å². The van der Waals surface area contributed by atoms with Gasteiger partial charge in [0, 0.05) is 5.02 Å². The average molecular weight is 353 g/mol. The molecule has 2 amide bonds. The second kappa shape index (κ2) is 6.60. The maximum Gasteiger partial charge on any atom is 0.329 e. The smallest absolute Gasteiger partial charge is 0.328 e. The largest absolute Gasteiger partial charge is 0.329 e. The average Bonchev–Trinajstić information content (AvgIpc) is 2.47. The van der Waals surface area contributed by atoms with Gasteiger partial charge in [0.2, 0.25) is 0 Å². The van der Waals surface area contributed by atoms with E-state index < -0.39 is 21.6 Å². The first kappa shape index (κ1) is 17.3. The van der Waals surface area contributed by atoms with Crippen molar-refractivity contribution in [1.29, 1.82) is 0 Å². The van der Waals surface area contributed by atoms with Crippen LogP contribution in [0, 0.1) is 0 Å². The minimum Gasteiger partial charge on any atom is -0.328 e. The number of carbonyl (C=O) groups is 1. The molecule has 5 nitrogen and oxygen atoms in total. The third-order valence-corrected chi connectivity index (χ3v) is 4.87. The third-order valence-electron chi connectivity index (χ3n) is 3.27. The molecular formula is C16H17ClN2O3S. The van der Waals surface area contributed by atoms with Crippen LogP contribution >= 0.6 is 11.6 Å². The number of hydrogen-bond donors (Lipinski definition) is 2. The van der Waals surface area contributed by atoms with Gasteiger partial charge in [-0.3, -0.25) is 0 Å². The van der Waals surface area contributed by atoms with Crippen molar-refractivity contribution in [2.24, 2.45) is 0 Å². The maximum atomic E-state index is 12.2. The standard InChI is InChI=1S/C16H17ClN2O3S/c1-16(2,12-6-4-3-5-7-12)18-15(20)19-23(21,22)14-10-8-13(17)9-11-14/h3-11H,1-2H3,(H2,18,19,20). The number of amides is 2. The molecule has 2 aromatic carbocycles. The summed E-state index contributed by atoms with van der Waals surface area (Å²) in [4.78, 5) is 12.0. The summed E-state index contributed by atoms with van der Waals surface area (Å²) >= 11 is 5.73. The Morgan fingerprint density at radius 1 is 1.00 bits per heavy atom. The lowest BCUT2D eigenvalue weighted by molar-refractivity contribution is 0.235. The molecule has 0 unspecified atom stereocenters. The number of benzene rings is 2. The van der Waals surface area contributed by atoms with Crippen LogP contribution in [-0.2, 0) is 15.6 Å². The van der Waals surface area contributed by atoms with Gasteiger partial charge in [-0.25, -0.2) is 17.9 Å². The first-order chi connectivity index (χ1) is 10.7. The molecule has 0 aliphatic rings. The Morgan fingerprint density at radius 2 is 1.57 bits per heavy atom. The van der Waals surface area contributed by atoms with E-state index in [4.69, 9.17) is 11.6 Å². The van der Waals surface area contributed by atoms with Gasteiger partial charge in [-0.1, -0.05) is 41.9 Å². The zero-order valence-corrected chi connectivity index (χ0v) is 14.3. The van der Waals surface area contributed by atoms with Gasteiger partial charge in [-0.2, -0.15) is 0 Å². The molecule has 0 bridgehead atoms. The van der Waals surface area contributed by atoms with E-state index in [0.29, 0.717) is 5.02 Å². The van der Waals surface area contributed by atoms with Gasteiger partial charge in [0.25, 0.3) is 10.0 Å². The Morgan fingerprint density at radius 3 is 2.13 bits per heavy atom. The molecule has 7 heteroatoms. The van der Waals surface area contributed by atoms with Crippen molar-refractivity contribution in [2.75, 3.05) is 0 Å². The van der Waals surface area contributed by atoms with Crippen LogP contribution in [0.2, 0.25) is 5.02 Å². The molecule has 23 heavy (non-hydrogen) atoms. The zero-order valence-electron chi connectivity index (χ0n) is 12.7. The second-order valence-electron chi connectivity index (χ2n) is 5.50. The van der Waals surface area contributed by atoms with Gasteiger partial charge in [0.15, 0.2) is 0 Å². The van der Waals surface area contributed by atoms with Gasteiger partial charge in [-0.15, -0.1) is 0 Å². The van der Waals surface area contributed by atoms with Crippen LogP contribution in [0.3, 0.4) is 0 Å². The minimum atomic E-state index is -3.95. The summed E-state index contributed by atoms with van der Waals surface area (Å²) in [5.74, 6) is 0. The van der Waals surface area contributed by atoms with Crippen molar-refractivity contribution in [3.8, 4) is 0 Å². The van der Waals surface area contributed by atoms with Crippen molar-refractivity contribution in [3.63, 3.8) is 0 Å². The Hall–Kier alpha value is -2.05. The predicted molar refractivity (Wildman–Crippen MR) is 89.8 cm³/mol. The van der Waals surface area contributed by atoms with E-state index in [2.05, 4.69) is 5.32 Å². The van der Waals surface area contributed by atoms with Crippen molar-refractivity contribution in [3.05, 3.63) is 65.2 Å². The van der Waals surface area contributed by atoms with Crippen LogP contribution in [0.15, 0.2) is 59.5 Å². The van der Waals surface area contributed by atoms with E-state index in [1.807, 2.05) is 35.1 Å². The highest BCUT2D eigenvalue weighted by atomic mass is 35.5. The molecule has 0 saturated heterocycles. The summed E-state index contributed by atoms with van der Waals surface area (Å²) in [5, 5.41) is 3.07. The van der Waals surface area contributed by atoms with Crippen molar-refractivity contribution >= 4 is 27.7 Å². The quantitative estimate of drug-likeness (QED) is 0.886. The Bertz CT molecular complexity index is 788. The Labute approximate surface area is 140 Å². The number of urea groups is 1. The molecule has 2 aromatic rings. The number of rotatable bonds is 4. The molecule has 0 aliphatic heterocycles. The fourth-order valence-corrected chi connectivity index (χ4v) is 3.06. The van der Waals surface area contributed by atoms with E-state index in [1.165, 1.54) is 24.3 Å². The highest BCUT2D eigenvalue weighted by Crippen LogP contribution is 2.19. The van der Waals surface area contributed by atoms with Crippen molar-refractivity contribution in [2.45, 2.75) is 24.3 Å². The number of halogens is 1. The Balaban J connectivity index is 2.11. The molecule has 0 aromatic heterocycles. The molecular weight excluding hydrogens is 336 g/mol. The lowest BCUT2D eigenvalue weighted by Crippen LogP contribution is -2.48. The summed E-state index contributed by atoms with van der Waals surface area (Å²) in [6.07, 6.45) is 0. The van der Waals surface area contributed by atoms with E-state index in [-0.39, 0.29) is 4.90 Å². The summed E-state index contributed by atoms with van der Waals surface area (Å²) in [6.45, 7) is 3.58. The number of hydrogen-bond acceptors (Lipinski definition) is 3. The van der Waals surface area contributed by atoms with Crippen LogP contribution < -0.4 is 10.0 Å². The fraction of sp³-hybridized carbons (Fsp3) is 0.188. The molecule has 0 heterocycles. The van der Waals surface area contributed by atoms with Crippen LogP contribution in [0.25, 0.3) is 0 Å². The monoisotopic (exact) mass is 352 g/mol. The SMILES string of the molecule is CC(C)(NC(=O)NS(=O)(=O)c1ccc(Cl)cc1)c1ccccc1. The molecule has 0 atom stereocenters. The molecule has 0 radical (unpaired) electrons. The molecule has 0 spiro atoms. The molecule has 0 saturated carbocycles. The van der Waals surface area contributed by atoms with Gasteiger partial charge < -0.3 is 5.32 Å². The number of carbonyl (C=O) groups excluding carboxylic acids is 1. The maximum absolute atomic E-state index is 12.2. The van der Waals surface area contributed by atoms with Crippen molar-refractivity contribution in [1.82, 2.24) is 10.0 Å². The van der Waals surface area contributed by atoms with Crippen molar-refractivity contribution < 1.29 is 13.2 Å². The third kappa shape index (κ3) is 4.46. The van der Waals surface area contributed by atoms with Gasteiger partial charge in [-0.05, 0) is 43.7 Å². The van der Waals surface area contributed by atoms with Crippen LogP contribution in [-0.4, -0.2) is 14.4 Å². The van der Waals surface area contributed by atoms with Gasteiger partial charge >= 0.3 is 6.03 Å². The Kier molecular flexibility index (Phi) is 4.97.